The van der Waals surface area contributed by atoms with Crippen LogP contribution >= 0.6 is 0 Å². The van der Waals surface area contributed by atoms with Crippen LogP contribution in [0, 0.1) is 0 Å². The molecule has 0 atom stereocenters. The second-order valence-electron chi connectivity index (χ2n) is 3.44. The lowest BCUT2D eigenvalue weighted by Crippen LogP contribution is -2.34. The highest BCUT2D eigenvalue weighted by Gasteiger charge is 2.39. The fourth-order valence-corrected chi connectivity index (χ4v) is 1.76. The maximum absolute atomic E-state index is 12.5. The highest BCUT2D eigenvalue weighted by Crippen LogP contribution is 2.36. The standard InChI is InChI=1S/C8H8F3N3O2/c9-8(10,11)5-4-2-1-3-14(7(15)16)6(4)13-12-5/h1-3H2,(H,12,13)(H,15,16). The summed E-state index contributed by atoms with van der Waals surface area (Å²) in [5.74, 6) is -0.133. The number of aromatic nitrogens is 2. The molecule has 2 rings (SSSR count). The van der Waals surface area contributed by atoms with Crippen molar-refractivity contribution in [2.45, 2.75) is 19.0 Å². The molecule has 5 nitrogen and oxygen atoms in total. The van der Waals surface area contributed by atoms with Crippen LogP contribution in [0.5, 0.6) is 0 Å². The van der Waals surface area contributed by atoms with Gasteiger partial charge in [-0.3, -0.25) is 10.00 Å². The van der Waals surface area contributed by atoms with Gasteiger partial charge < -0.3 is 5.11 Å². The minimum atomic E-state index is -4.53. The SMILES string of the molecule is O=C(O)N1CCCc2c1n[nH]c2C(F)(F)F. The predicted octanol–water partition coefficient (Wildman–Crippen LogP) is 1.86. The largest absolute Gasteiger partial charge is 0.465 e. The summed E-state index contributed by atoms with van der Waals surface area (Å²) in [6.45, 7) is 0.171. The minimum absolute atomic E-state index is 0.0684. The topological polar surface area (TPSA) is 69.2 Å². The van der Waals surface area contributed by atoms with E-state index in [0.29, 0.717) is 6.42 Å². The number of nitrogens with one attached hydrogen (secondary N) is 1. The molecule has 0 fully saturated rings. The summed E-state index contributed by atoms with van der Waals surface area (Å²) in [7, 11) is 0. The van der Waals surface area contributed by atoms with Crippen LogP contribution in [0.2, 0.25) is 0 Å². The number of anilines is 1. The second kappa shape index (κ2) is 3.39. The van der Waals surface area contributed by atoms with Crippen molar-refractivity contribution in [3.8, 4) is 0 Å². The molecule has 1 aliphatic heterocycles. The maximum Gasteiger partial charge on any atom is 0.433 e. The molecule has 2 N–H and O–H groups in total. The zero-order valence-electron chi connectivity index (χ0n) is 8.01. The zero-order chi connectivity index (χ0) is 11.9. The molecule has 0 spiro atoms. The van der Waals surface area contributed by atoms with Gasteiger partial charge in [-0.25, -0.2) is 4.79 Å². The summed E-state index contributed by atoms with van der Waals surface area (Å²) >= 11 is 0. The van der Waals surface area contributed by atoms with Gasteiger partial charge in [-0.05, 0) is 12.8 Å². The number of fused-ring (bicyclic) bond motifs is 1. The summed E-state index contributed by atoms with van der Waals surface area (Å²) in [6.07, 6.45) is -5.27. The Labute approximate surface area is 87.9 Å². The number of alkyl halides is 3. The Morgan fingerprint density at radius 1 is 1.50 bits per heavy atom. The second-order valence-corrected chi connectivity index (χ2v) is 3.44. The Kier molecular flexibility index (Phi) is 2.28. The Balaban J connectivity index is 2.46. The van der Waals surface area contributed by atoms with E-state index in [9.17, 15) is 18.0 Å². The molecule has 0 aromatic carbocycles. The third-order valence-corrected chi connectivity index (χ3v) is 2.42. The van der Waals surface area contributed by atoms with Crippen molar-refractivity contribution < 1.29 is 23.1 Å². The number of carboxylic acid groups (broad SMARTS) is 1. The molecule has 16 heavy (non-hydrogen) atoms. The molecule has 8 heteroatoms. The van der Waals surface area contributed by atoms with Crippen LogP contribution in [0.3, 0.4) is 0 Å². The molecular weight excluding hydrogens is 227 g/mol. The van der Waals surface area contributed by atoms with E-state index in [1.54, 1.807) is 0 Å². The number of hydrogen-bond donors (Lipinski definition) is 2. The van der Waals surface area contributed by atoms with Gasteiger partial charge in [0, 0.05) is 12.1 Å². The Bertz CT molecular complexity index is 427. The van der Waals surface area contributed by atoms with E-state index in [-0.39, 0.29) is 24.3 Å². The number of H-pyrrole nitrogens is 1. The molecule has 0 radical (unpaired) electrons. The van der Waals surface area contributed by atoms with Gasteiger partial charge in [-0.1, -0.05) is 0 Å². The van der Waals surface area contributed by atoms with E-state index in [0.717, 1.165) is 4.90 Å². The van der Waals surface area contributed by atoms with Gasteiger partial charge >= 0.3 is 12.3 Å². The van der Waals surface area contributed by atoms with Crippen LogP contribution < -0.4 is 4.90 Å². The third-order valence-electron chi connectivity index (χ3n) is 2.42. The fourth-order valence-electron chi connectivity index (χ4n) is 1.76. The molecule has 0 saturated carbocycles. The summed E-state index contributed by atoms with van der Waals surface area (Å²) in [5, 5.41) is 14.1. The van der Waals surface area contributed by atoms with E-state index in [1.807, 2.05) is 5.10 Å². The molecule has 88 valence electrons. The van der Waals surface area contributed by atoms with E-state index in [4.69, 9.17) is 5.11 Å². The number of halogens is 3. The third kappa shape index (κ3) is 1.59. The van der Waals surface area contributed by atoms with Gasteiger partial charge in [-0.15, -0.1) is 0 Å². The van der Waals surface area contributed by atoms with Crippen LogP contribution in [0.1, 0.15) is 17.7 Å². The van der Waals surface area contributed by atoms with Crippen LogP contribution in [0.15, 0.2) is 0 Å². The Morgan fingerprint density at radius 2 is 2.19 bits per heavy atom. The smallest absolute Gasteiger partial charge is 0.433 e. The highest BCUT2D eigenvalue weighted by atomic mass is 19.4. The molecule has 1 aromatic heterocycles. The molecule has 0 saturated heterocycles. The summed E-state index contributed by atoms with van der Waals surface area (Å²) < 4.78 is 37.5. The normalized spacial score (nSPS) is 16.1. The average molecular weight is 235 g/mol. The number of aromatic amines is 1. The summed E-state index contributed by atoms with van der Waals surface area (Å²) in [4.78, 5) is 11.6. The first kappa shape index (κ1) is 10.8. The monoisotopic (exact) mass is 235 g/mol. The quantitative estimate of drug-likeness (QED) is 0.721. The van der Waals surface area contributed by atoms with Crippen molar-refractivity contribution in [2.24, 2.45) is 0 Å². The highest BCUT2D eigenvalue weighted by molar-refractivity contribution is 5.86. The molecule has 1 aromatic rings. The molecule has 0 aliphatic carbocycles. The molecule has 2 heterocycles. The van der Waals surface area contributed by atoms with Crippen molar-refractivity contribution >= 4 is 11.9 Å². The van der Waals surface area contributed by atoms with E-state index in [2.05, 4.69) is 5.10 Å². The first-order valence-corrected chi connectivity index (χ1v) is 4.56. The number of rotatable bonds is 0. The van der Waals surface area contributed by atoms with Crippen LogP contribution in [0.25, 0.3) is 0 Å². The lowest BCUT2D eigenvalue weighted by molar-refractivity contribution is -0.141. The Hall–Kier alpha value is -1.73. The van der Waals surface area contributed by atoms with Crippen LogP contribution in [0.4, 0.5) is 23.8 Å². The molecular formula is C8H8F3N3O2. The zero-order valence-corrected chi connectivity index (χ0v) is 8.01. The molecule has 1 amide bonds. The number of carbonyl (C=O) groups is 1. The lowest BCUT2D eigenvalue weighted by atomic mass is 10.1. The molecule has 1 aliphatic rings. The molecule has 0 bridgehead atoms. The van der Waals surface area contributed by atoms with E-state index < -0.39 is 18.0 Å². The van der Waals surface area contributed by atoms with Gasteiger partial charge in [0.15, 0.2) is 5.82 Å². The number of amides is 1. The van der Waals surface area contributed by atoms with Gasteiger partial charge in [0.05, 0.1) is 0 Å². The fraction of sp³-hybridized carbons (Fsp3) is 0.500. The predicted molar refractivity (Wildman–Crippen MR) is 47.3 cm³/mol. The molecule has 0 unspecified atom stereocenters. The Morgan fingerprint density at radius 3 is 2.75 bits per heavy atom. The average Bonchev–Trinajstić information content (AvgIpc) is 2.59. The van der Waals surface area contributed by atoms with Crippen molar-refractivity contribution in [1.29, 1.82) is 0 Å². The maximum atomic E-state index is 12.5. The van der Waals surface area contributed by atoms with Crippen molar-refractivity contribution in [3.63, 3.8) is 0 Å². The van der Waals surface area contributed by atoms with Crippen LogP contribution in [-0.2, 0) is 12.6 Å². The first-order valence-electron chi connectivity index (χ1n) is 4.56. The lowest BCUT2D eigenvalue weighted by Gasteiger charge is -2.23. The van der Waals surface area contributed by atoms with E-state index >= 15 is 0 Å². The summed E-state index contributed by atoms with van der Waals surface area (Å²) in [6, 6.07) is 0. The van der Waals surface area contributed by atoms with Crippen molar-refractivity contribution in [3.05, 3.63) is 11.3 Å². The van der Waals surface area contributed by atoms with Crippen molar-refractivity contribution in [2.75, 3.05) is 11.4 Å². The van der Waals surface area contributed by atoms with E-state index in [1.165, 1.54) is 0 Å². The number of hydrogen-bond acceptors (Lipinski definition) is 2. The van der Waals surface area contributed by atoms with Gasteiger partial charge in [0.1, 0.15) is 5.69 Å². The van der Waals surface area contributed by atoms with Crippen LogP contribution in [-0.4, -0.2) is 27.9 Å². The first-order chi connectivity index (χ1) is 7.41. The minimum Gasteiger partial charge on any atom is -0.465 e. The van der Waals surface area contributed by atoms with Gasteiger partial charge in [0.25, 0.3) is 0 Å². The van der Waals surface area contributed by atoms with Gasteiger partial charge in [-0.2, -0.15) is 18.3 Å². The van der Waals surface area contributed by atoms with Crippen molar-refractivity contribution in [1.82, 2.24) is 10.2 Å². The van der Waals surface area contributed by atoms with Gasteiger partial charge in [0.2, 0.25) is 0 Å². The number of nitrogens with zero attached hydrogens (tertiary/aromatic N) is 2. The summed E-state index contributed by atoms with van der Waals surface area (Å²) in [5.41, 5.74) is -1.02.